The van der Waals surface area contributed by atoms with Crippen LogP contribution in [-0.2, 0) is 4.79 Å². The summed E-state index contributed by atoms with van der Waals surface area (Å²) in [7, 11) is 0. The van der Waals surface area contributed by atoms with Crippen LogP contribution in [0, 0.1) is 5.92 Å². The molecule has 0 aliphatic heterocycles. The Morgan fingerprint density at radius 3 is 3.06 bits per heavy atom. The van der Waals surface area contributed by atoms with Crippen LogP contribution in [0.25, 0.3) is 0 Å². The number of imidazole rings is 1. The van der Waals surface area contributed by atoms with Crippen LogP contribution in [0.3, 0.4) is 0 Å². The molecule has 0 radical (unpaired) electrons. The molecule has 1 aromatic heterocycles. The van der Waals surface area contributed by atoms with Crippen molar-refractivity contribution in [2.45, 2.75) is 50.2 Å². The van der Waals surface area contributed by atoms with Crippen molar-refractivity contribution in [1.29, 1.82) is 0 Å². The maximum atomic E-state index is 10.6. The molecule has 1 fully saturated rings. The van der Waals surface area contributed by atoms with Gasteiger partial charge in [0.2, 0.25) is 0 Å². The molecule has 1 aromatic rings. The van der Waals surface area contributed by atoms with E-state index in [-0.39, 0.29) is 5.75 Å². The van der Waals surface area contributed by atoms with Gasteiger partial charge in [-0.05, 0) is 18.8 Å². The highest BCUT2D eigenvalue weighted by Gasteiger charge is 2.26. The summed E-state index contributed by atoms with van der Waals surface area (Å²) in [5.74, 6) is 0.00271. The van der Waals surface area contributed by atoms with Gasteiger partial charge in [0.15, 0.2) is 5.16 Å². The fraction of sp³-hybridized carbons (Fsp3) is 0.692. The van der Waals surface area contributed by atoms with E-state index in [1.54, 1.807) is 6.20 Å². The minimum absolute atomic E-state index is 0.0839. The summed E-state index contributed by atoms with van der Waals surface area (Å²) < 4.78 is 2.20. The molecule has 100 valence electrons. The minimum atomic E-state index is -0.787. The van der Waals surface area contributed by atoms with Crippen LogP contribution in [0.4, 0.5) is 0 Å². The van der Waals surface area contributed by atoms with Crippen molar-refractivity contribution in [1.82, 2.24) is 9.55 Å². The Kier molecular flexibility index (Phi) is 4.69. The second-order valence-corrected chi connectivity index (χ2v) is 5.76. The van der Waals surface area contributed by atoms with Crippen molar-refractivity contribution in [3.8, 4) is 0 Å². The Morgan fingerprint density at radius 1 is 1.56 bits per heavy atom. The minimum Gasteiger partial charge on any atom is -0.481 e. The normalized spacial score (nSPS) is 24.1. The zero-order valence-electron chi connectivity index (χ0n) is 10.7. The summed E-state index contributed by atoms with van der Waals surface area (Å²) in [6, 6.07) is 0.502. The standard InChI is InChI=1S/C13H20N2O2S/c1-2-10-5-3-4-6-11(10)15-8-7-14-13(15)18-9-12(16)17/h7-8,10-11H,2-6,9H2,1H3,(H,16,17). The number of carbonyl (C=O) groups is 1. The van der Waals surface area contributed by atoms with E-state index in [2.05, 4.69) is 16.5 Å². The molecule has 1 heterocycles. The fourth-order valence-corrected chi connectivity index (χ4v) is 3.55. The highest BCUT2D eigenvalue weighted by Crippen LogP contribution is 2.37. The maximum absolute atomic E-state index is 10.6. The van der Waals surface area contributed by atoms with Gasteiger partial charge < -0.3 is 9.67 Å². The quantitative estimate of drug-likeness (QED) is 0.833. The van der Waals surface area contributed by atoms with Gasteiger partial charge in [-0.15, -0.1) is 0 Å². The third-order valence-corrected chi connectivity index (χ3v) is 4.67. The van der Waals surface area contributed by atoms with Crippen LogP contribution in [0.1, 0.15) is 45.1 Å². The summed E-state index contributed by atoms with van der Waals surface area (Å²) in [4.78, 5) is 14.9. The molecule has 0 saturated heterocycles. The molecular formula is C13H20N2O2S. The molecule has 1 saturated carbocycles. The number of hydrogen-bond acceptors (Lipinski definition) is 3. The van der Waals surface area contributed by atoms with Crippen LogP contribution in [0.5, 0.6) is 0 Å². The molecule has 1 aliphatic carbocycles. The van der Waals surface area contributed by atoms with Crippen LogP contribution in [0.15, 0.2) is 17.6 Å². The van der Waals surface area contributed by atoms with Crippen molar-refractivity contribution in [2.75, 3.05) is 5.75 Å². The molecule has 2 rings (SSSR count). The predicted octanol–water partition coefficient (Wildman–Crippen LogP) is 3.20. The van der Waals surface area contributed by atoms with Gasteiger partial charge in [0.05, 0.1) is 5.75 Å². The topological polar surface area (TPSA) is 55.1 Å². The average Bonchev–Trinajstić information content (AvgIpc) is 2.84. The molecule has 0 spiro atoms. The molecule has 0 amide bonds. The lowest BCUT2D eigenvalue weighted by molar-refractivity contribution is -0.133. The van der Waals surface area contributed by atoms with E-state index in [1.165, 1.54) is 43.9 Å². The smallest absolute Gasteiger partial charge is 0.313 e. The number of carboxylic acids is 1. The predicted molar refractivity (Wildman–Crippen MR) is 71.9 cm³/mol. The molecule has 2 atom stereocenters. The lowest BCUT2D eigenvalue weighted by atomic mass is 9.83. The van der Waals surface area contributed by atoms with Gasteiger partial charge in [0.25, 0.3) is 0 Å². The number of carboxylic acid groups (broad SMARTS) is 1. The molecule has 2 unspecified atom stereocenters. The van der Waals surface area contributed by atoms with Gasteiger partial charge in [0.1, 0.15) is 0 Å². The summed E-state index contributed by atoms with van der Waals surface area (Å²) >= 11 is 1.32. The largest absolute Gasteiger partial charge is 0.481 e. The highest BCUT2D eigenvalue weighted by atomic mass is 32.2. The zero-order valence-corrected chi connectivity index (χ0v) is 11.5. The molecule has 4 nitrogen and oxygen atoms in total. The first kappa shape index (κ1) is 13.5. The third-order valence-electron chi connectivity index (χ3n) is 3.71. The van der Waals surface area contributed by atoms with Gasteiger partial charge in [0, 0.05) is 18.4 Å². The van der Waals surface area contributed by atoms with Crippen molar-refractivity contribution in [3.63, 3.8) is 0 Å². The number of aliphatic carboxylic acids is 1. The van der Waals surface area contributed by atoms with E-state index >= 15 is 0 Å². The Morgan fingerprint density at radius 2 is 2.33 bits per heavy atom. The monoisotopic (exact) mass is 268 g/mol. The molecule has 1 N–H and O–H groups in total. The average molecular weight is 268 g/mol. The van der Waals surface area contributed by atoms with Gasteiger partial charge in [-0.3, -0.25) is 4.79 Å². The number of rotatable bonds is 5. The lowest BCUT2D eigenvalue weighted by Crippen LogP contribution is -2.23. The fourth-order valence-electron chi connectivity index (χ4n) is 2.82. The first-order chi connectivity index (χ1) is 8.72. The van der Waals surface area contributed by atoms with Crippen molar-refractivity contribution >= 4 is 17.7 Å². The second kappa shape index (κ2) is 6.27. The van der Waals surface area contributed by atoms with E-state index in [0.29, 0.717) is 12.0 Å². The number of nitrogens with zero attached hydrogens (tertiary/aromatic N) is 2. The van der Waals surface area contributed by atoms with E-state index in [4.69, 9.17) is 5.11 Å². The van der Waals surface area contributed by atoms with E-state index in [9.17, 15) is 4.79 Å². The van der Waals surface area contributed by atoms with Gasteiger partial charge >= 0.3 is 5.97 Å². The van der Waals surface area contributed by atoms with E-state index < -0.39 is 5.97 Å². The van der Waals surface area contributed by atoms with E-state index in [0.717, 1.165) is 5.16 Å². The molecule has 18 heavy (non-hydrogen) atoms. The van der Waals surface area contributed by atoms with Crippen LogP contribution in [-0.4, -0.2) is 26.4 Å². The van der Waals surface area contributed by atoms with Gasteiger partial charge in [-0.25, -0.2) is 4.98 Å². The first-order valence-corrected chi connectivity index (χ1v) is 7.58. The summed E-state index contributed by atoms with van der Waals surface area (Å²) in [6.07, 6.45) is 10.0. The summed E-state index contributed by atoms with van der Waals surface area (Å²) in [5.41, 5.74) is 0. The molecule has 5 heteroatoms. The first-order valence-electron chi connectivity index (χ1n) is 6.59. The van der Waals surface area contributed by atoms with Crippen LogP contribution < -0.4 is 0 Å². The van der Waals surface area contributed by atoms with Gasteiger partial charge in [-0.2, -0.15) is 0 Å². The van der Waals surface area contributed by atoms with Gasteiger partial charge in [-0.1, -0.05) is 37.9 Å². The Balaban J connectivity index is 2.11. The number of thioether (sulfide) groups is 1. The second-order valence-electron chi connectivity index (χ2n) is 4.82. The Hall–Kier alpha value is -0.970. The lowest BCUT2D eigenvalue weighted by Gasteiger charge is -2.32. The SMILES string of the molecule is CCC1CCCCC1n1ccnc1SCC(=O)O. The molecule has 1 aliphatic rings. The molecule has 0 bridgehead atoms. The Labute approximate surface area is 112 Å². The van der Waals surface area contributed by atoms with Crippen molar-refractivity contribution in [2.24, 2.45) is 5.92 Å². The van der Waals surface area contributed by atoms with Crippen molar-refractivity contribution in [3.05, 3.63) is 12.4 Å². The third kappa shape index (κ3) is 3.07. The Bertz CT molecular complexity index is 405. The summed E-state index contributed by atoms with van der Waals surface area (Å²) in [6.45, 7) is 2.24. The number of aromatic nitrogens is 2. The summed E-state index contributed by atoms with van der Waals surface area (Å²) in [5, 5.41) is 9.60. The highest BCUT2D eigenvalue weighted by molar-refractivity contribution is 7.99. The van der Waals surface area contributed by atoms with E-state index in [1.807, 2.05) is 6.20 Å². The molecular weight excluding hydrogens is 248 g/mol. The van der Waals surface area contributed by atoms with Crippen molar-refractivity contribution < 1.29 is 9.90 Å². The van der Waals surface area contributed by atoms with Crippen LogP contribution in [0.2, 0.25) is 0 Å². The molecule has 0 aromatic carbocycles. The number of hydrogen-bond donors (Lipinski definition) is 1. The van der Waals surface area contributed by atoms with Crippen LogP contribution >= 0.6 is 11.8 Å². The zero-order chi connectivity index (χ0) is 13.0. The maximum Gasteiger partial charge on any atom is 0.313 e.